The summed E-state index contributed by atoms with van der Waals surface area (Å²) >= 11 is 1.88. The van der Waals surface area contributed by atoms with Gasteiger partial charge in [0.25, 0.3) is 0 Å². The fourth-order valence-electron chi connectivity index (χ4n) is 4.33. The van der Waals surface area contributed by atoms with Gasteiger partial charge in [0.2, 0.25) is 0 Å². The Labute approximate surface area is 181 Å². The highest BCUT2D eigenvalue weighted by atomic mass is 32.1. The number of hydrogen-bond acceptors (Lipinski definition) is 7. The van der Waals surface area contributed by atoms with Crippen molar-refractivity contribution >= 4 is 11.3 Å². The van der Waals surface area contributed by atoms with Gasteiger partial charge in [-0.2, -0.15) is 0 Å². The van der Waals surface area contributed by atoms with Crippen molar-refractivity contribution in [3.8, 4) is 0 Å². The van der Waals surface area contributed by atoms with Crippen molar-refractivity contribution in [1.82, 2.24) is 29.9 Å². The third-order valence-corrected chi connectivity index (χ3v) is 7.31. The van der Waals surface area contributed by atoms with Crippen molar-refractivity contribution in [2.45, 2.75) is 64.6 Å². The number of nitrogens with zero attached hydrogens (tertiary/aromatic N) is 6. The van der Waals surface area contributed by atoms with Crippen LogP contribution in [-0.4, -0.2) is 54.2 Å². The van der Waals surface area contributed by atoms with E-state index in [-0.39, 0.29) is 6.61 Å². The second-order valence-electron chi connectivity index (χ2n) is 8.07. The predicted octanol–water partition coefficient (Wildman–Crippen LogP) is 3.04. The van der Waals surface area contributed by atoms with Crippen molar-refractivity contribution < 1.29 is 5.11 Å². The van der Waals surface area contributed by atoms with E-state index in [9.17, 15) is 5.11 Å². The first-order valence-electron chi connectivity index (χ1n) is 10.8. The molecule has 8 heteroatoms. The minimum absolute atomic E-state index is 0.232. The van der Waals surface area contributed by atoms with Crippen LogP contribution in [-0.2, 0) is 25.9 Å². The van der Waals surface area contributed by atoms with E-state index in [0.29, 0.717) is 18.5 Å². The molecule has 2 atom stereocenters. The number of thiophene rings is 1. The minimum Gasteiger partial charge on any atom is -0.396 e. The highest BCUT2D eigenvalue weighted by Crippen LogP contribution is 2.38. The van der Waals surface area contributed by atoms with Crippen LogP contribution in [0.4, 0.5) is 0 Å². The van der Waals surface area contributed by atoms with Gasteiger partial charge >= 0.3 is 0 Å². The molecular formula is C22H30N6OS. The standard InChI is InChI=1S/C22H30N6OS/c1-3-20-11-21(22(30-20)6-9-29)17-5-8-27(16(2)10-17)12-19-14-28(26-25-19)13-18-4-7-23-15-24-18/h4,7,11,14-17,29H,3,5-6,8-10,12-13H2,1-2H3/t16-,17?/m0/s1. The van der Waals surface area contributed by atoms with Crippen molar-refractivity contribution in [3.63, 3.8) is 0 Å². The highest BCUT2D eigenvalue weighted by Gasteiger charge is 2.29. The van der Waals surface area contributed by atoms with E-state index < -0.39 is 0 Å². The highest BCUT2D eigenvalue weighted by molar-refractivity contribution is 7.12. The molecule has 0 bridgehead atoms. The Hall–Kier alpha value is -2.16. The van der Waals surface area contributed by atoms with Gasteiger partial charge < -0.3 is 5.11 Å². The zero-order chi connectivity index (χ0) is 20.9. The van der Waals surface area contributed by atoms with Crippen LogP contribution in [0, 0.1) is 0 Å². The molecule has 160 valence electrons. The van der Waals surface area contributed by atoms with Crippen LogP contribution in [0.2, 0.25) is 0 Å². The molecule has 7 nitrogen and oxygen atoms in total. The maximum atomic E-state index is 9.45. The number of aryl methyl sites for hydroxylation is 1. The molecule has 3 aromatic rings. The van der Waals surface area contributed by atoms with E-state index in [4.69, 9.17) is 0 Å². The normalized spacial score (nSPS) is 20.0. The Morgan fingerprint density at radius 3 is 2.90 bits per heavy atom. The van der Waals surface area contributed by atoms with Crippen molar-refractivity contribution in [2.24, 2.45) is 0 Å². The van der Waals surface area contributed by atoms with E-state index in [0.717, 1.165) is 50.2 Å². The van der Waals surface area contributed by atoms with Gasteiger partial charge in [-0.1, -0.05) is 12.1 Å². The topological polar surface area (TPSA) is 80.0 Å². The number of hydrogen-bond donors (Lipinski definition) is 1. The molecule has 1 unspecified atom stereocenters. The molecule has 4 heterocycles. The van der Waals surface area contributed by atoms with Crippen LogP contribution in [0.3, 0.4) is 0 Å². The molecule has 3 aromatic heterocycles. The number of aliphatic hydroxyl groups excluding tert-OH is 1. The summed E-state index contributed by atoms with van der Waals surface area (Å²) in [6.07, 6.45) is 9.47. The molecule has 1 saturated heterocycles. The monoisotopic (exact) mass is 426 g/mol. The molecule has 0 amide bonds. The zero-order valence-electron chi connectivity index (χ0n) is 17.7. The molecule has 1 N–H and O–H groups in total. The lowest BCUT2D eigenvalue weighted by Gasteiger charge is -2.37. The number of aliphatic hydroxyl groups is 1. The van der Waals surface area contributed by atoms with Crippen LogP contribution in [0.15, 0.2) is 30.9 Å². The fraction of sp³-hybridized carbons (Fsp3) is 0.545. The van der Waals surface area contributed by atoms with Crippen LogP contribution >= 0.6 is 11.3 Å². The van der Waals surface area contributed by atoms with Crippen LogP contribution in [0.5, 0.6) is 0 Å². The number of rotatable bonds is 8. The third kappa shape index (κ3) is 4.94. The first kappa shape index (κ1) is 21.1. The quantitative estimate of drug-likeness (QED) is 0.596. The van der Waals surface area contributed by atoms with Crippen LogP contribution in [0.1, 0.15) is 59.3 Å². The van der Waals surface area contributed by atoms with Crippen LogP contribution < -0.4 is 0 Å². The summed E-state index contributed by atoms with van der Waals surface area (Å²) < 4.78 is 1.84. The molecule has 0 aromatic carbocycles. The lowest BCUT2D eigenvalue weighted by molar-refractivity contribution is 0.137. The SMILES string of the molecule is CCc1cc(C2CCN(Cc3cn(Cc4ccncn4)nn3)[C@@H](C)C2)c(CCO)s1. The van der Waals surface area contributed by atoms with Gasteiger partial charge in [-0.3, -0.25) is 4.90 Å². The van der Waals surface area contributed by atoms with E-state index >= 15 is 0 Å². The van der Waals surface area contributed by atoms with E-state index in [1.54, 1.807) is 12.5 Å². The van der Waals surface area contributed by atoms with E-state index in [1.165, 1.54) is 15.3 Å². The first-order valence-corrected chi connectivity index (χ1v) is 11.6. The van der Waals surface area contributed by atoms with Gasteiger partial charge in [-0.05, 0) is 56.3 Å². The summed E-state index contributed by atoms with van der Waals surface area (Å²) in [6, 6.07) is 4.78. The molecule has 0 saturated carbocycles. The maximum Gasteiger partial charge on any atom is 0.115 e. The summed E-state index contributed by atoms with van der Waals surface area (Å²) in [5.74, 6) is 0.586. The average molecular weight is 427 g/mol. The van der Waals surface area contributed by atoms with Crippen molar-refractivity contribution in [3.05, 3.63) is 57.6 Å². The lowest BCUT2D eigenvalue weighted by Crippen LogP contribution is -2.39. The van der Waals surface area contributed by atoms with E-state index in [2.05, 4.69) is 45.1 Å². The van der Waals surface area contributed by atoms with E-state index in [1.807, 2.05) is 28.3 Å². The molecule has 4 rings (SSSR count). The third-order valence-electron chi connectivity index (χ3n) is 5.95. The molecule has 1 aliphatic rings. The Morgan fingerprint density at radius 1 is 1.27 bits per heavy atom. The lowest BCUT2D eigenvalue weighted by atomic mass is 9.85. The number of piperidine rings is 1. The Balaban J connectivity index is 1.37. The Bertz CT molecular complexity index is 940. The van der Waals surface area contributed by atoms with Gasteiger partial charge in [-0.25, -0.2) is 14.6 Å². The molecule has 1 fully saturated rings. The van der Waals surface area contributed by atoms with Crippen LogP contribution in [0.25, 0.3) is 0 Å². The molecule has 1 aliphatic heterocycles. The molecule has 0 radical (unpaired) electrons. The van der Waals surface area contributed by atoms with Gasteiger partial charge in [-0.15, -0.1) is 16.4 Å². The summed E-state index contributed by atoms with van der Waals surface area (Å²) in [5, 5.41) is 18.1. The molecule has 0 aliphatic carbocycles. The van der Waals surface area contributed by atoms with Gasteiger partial charge in [0.15, 0.2) is 0 Å². The smallest absolute Gasteiger partial charge is 0.115 e. The Morgan fingerprint density at radius 2 is 2.17 bits per heavy atom. The van der Waals surface area contributed by atoms with Gasteiger partial charge in [0.05, 0.1) is 24.1 Å². The molecule has 30 heavy (non-hydrogen) atoms. The van der Waals surface area contributed by atoms with Gasteiger partial charge in [0.1, 0.15) is 6.33 Å². The van der Waals surface area contributed by atoms with Crippen molar-refractivity contribution in [1.29, 1.82) is 0 Å². The van der Waals surface area contributed by atoms with Crippen molar-refractivity contribution in [2.75, 3.05) is 13.2 Å². The average Bonchev–Trinajstić information content (AvgIpc) is 3.37. The summed E-state index contributed by atoms with van der Waals surface area (Å²) in [5.41, 5.74) is 3.41. The second kappa shape index (κ2) is 9.76. The number of likely N-dealkylation sites (tertiary alicyclic amines) is 1. The number of aromatic nitrogens is 5. The predicted molar refractivity (Wildman–Crippen MR) is 117 cm³/mol. The maximum absolute atomic E-state index is 9.45. The minimum atomic E-state index is 0.232. The Kier molecular flexibility index (Phi) is 6.86. The summed E-state index contributed by atoms with van der Waals surface area (Å²) in [6.45, 7) is 7.25. The molecular weight excluding hydrogens is 396 g/mol. The fourth-order valence-corrected chi connectivity index (χ4v) is 5.51. The molecule has 0 spiro atoms. The summed E-state index contributed by atoms with van der Waals surface area (Å²) in [7, 11) is 0. The summed E-state index contributed by atoms with van der Waals surface area (Å²) in [4.78, 5) is 13.5. The largest absolute Gasteiger partial charge is 0.396 e. The second-order valence-corrected chi connectivity index (χ2v) is 9.29. The van der Waals surface area contributed by atoms with Gasteiger partial charge in [0, 0.05) is 41.6 Å². The first-order chi connectivity index (χ1) is 14.7. The zero-order valence-corrected chi connectivity index (χ0v) is 18.6.